The maximum Gasteiger partial charge on any atom is 0.325 e. The summed E-state index contributed by atoms with van der Waals surface area (Å²) in [6, 6.07) is 7.08. The van der Waals surface area contributed by atoms with Gasteiger partial charge in [-0.1, -0.05) is 42.7 Å². The summed E-state index contributed by atoms with van der Waals surface area (Å²) in [5.74, 6) is -0.184. The van der Waals surface area contributed by atoms with E-state index < -0.39 is 11.6 Å². The molecule has 3 amide bonds. The zero-order chi connectivity index (χ0) is 15.0. The lowest BCUT2D eigenvalue weighted by Crippen LogP contribution is -2.44. The Bertz CT molecular complexity index is 561. The van der Waals surface area contributed by atoms with Gasteiger partial charge >= 0.3 is 6.03 Å². The Labute approximate surface area is 123 Å². The van der Waals surface area contributed by atoms with Gasteiger partial charge in [-0.2, -0.15) is 0 Å². The Balaban J connectivity index is 1.74. The van der Waals surface area contributed by atoms with Gasteiger partial charge in [0.1, 0.15) is 5.54 Å². The van der Waals surface area contributed by atoms with E-state index in [0.29, 0.717) is 18.4 Å². The molecule has 2 aliphatic rings. The summed E-state index contributed by atoms with van der Waals surface area (Å²) in [5.41, 5.74) is 1.11. The van der Waals surface area contributed by atoms with Crippen LogP contribution in [0.25, 0.3) is 0 Å². The fourth-order valence-corrected chi connectivity index (χ4v) is 3.23. The summed E-state index contributed by atoms with van der Waals surface area (Å²) in [5, 5.41) is 13.1. The maximum absolute atomic E-state index is 12.5. The molecule has 1 aliphatic heterocycles. The van der Waals surface area contributed by atoms with Gasteiger partial charge in [0, 0.05) is 0 Å². The third-order valence-electron chi connectivity index (χ3n) is 4.52. The second-order valence-corrected chi connectivity index (χ2v) is 6.06. The van der Waals surface area contributed by atoms with Gasteiger partial charge in [-0.15, -0.1) is 0 Å². The SMILES string of the molecule is Cc1ccc(C(O)CN2C(=O)NC3(CCCC3)C2=O)cc1. The summed E-state index contributed by atoms with van der Waals surface area (Å²) in [7, 11) is 0. The Morgan fingerprint density at radius 1 is 1.24 bits per heavy atom. The Morgan fingerprint density at radius 3 is 2.48 bits per heavy atom. The zero-order valence-electron chi connectivity index (χ0n) is 12.1. The van der Waals surface area contributed by atoms with Crippen molar-refractivity contribution in [3.63, 3.8) is 0 Å². The Morgan fingerprint density at radius 2 is 1.86 bits per heavy atom. The largest absolute Gasteiger partial charge is 0.387 e. The molecule has 0 aromatic heterocycles. The highest BCUT2D eigenvalue weighted by molar-refractivity contribution is 6.07. The molecule has 5 nitrogen and oxygen atoms in total. The average Bonchev–Trinajstić information content (AvgIpc) is 3.01. The number of hydrogen-bond donors (Lipinski definition) is 2. The van der Waals surface area contributed by atoms with Gasteiger partial charge in [-0.05, 0) is 25.3 Å². The van der Waals surface area contributed by atoms with Gasteiger partial charge in [-0.25, -0.2) is 4.79 Å². The lowest BCUT2D eigenvalue weighted by Gasteiger charge is -2.21. The number of aryl methyl sites for hydroxylation is 1. The fourth-order valence-electron chi connectivity index (χ4n) is 3.23. The summed E-state index contributed by atoms with van der Waals surface area (Å²) in [4.78, 5) is 25.7. The second kappa shape index (κ2) is 5.15. The molecule has 1 heterocycles. The second-order valence-electron chi connectivity index (χ2n) is 6.06. The number of aliphatic hydroxyl groups excluding tert-OH is 1. The number of hydrogen-bond acceptors (Lipinski definition) is 3. The van der Waals surface area contributed by atoms with Crippen molar-refractivity contribution >= 4 is 11.9 Å². The molecule has 1 unspecified atom stereocenters. The van der Waals surface area contributed by atoms with Crippen LogP contribution >= 0.6 is 0 Å². The number of carbonyl (C=O) groups excluding carboxylic acids is 2. The molecule has 2 fully saturated rings. The molecule has 112 valence electrons. The number of urea groups is 1. The van der Waals surface area contributed by atoms with Gasteiger partial charge < -0.3 is 10.4 Å². The Hall–Kier alpha value is -1.88. The highest BCUT2D eigenvalue weighted by Crippen LogP contribution is 2.35. The van der Waals surface area contributed by atoms with E-state index in [9.17, 15) is 14.7 Å². The number of benzene rings is 1. The lowest BCUT2D eigenvalue weighted by molar-refractivity contribution is -0.132. The summed E-state index contributed by atoms with van der Waals surface area (Å²) < 4.78 is 0. The van der Waals surface area contributed by atoms with Gasteiger partial charge in [0.05, 0.1) is 12.6 Å². The highest BCUT2D eigenvalue weighted by atomic mass is 16.3. The van der Waals surface area contributed by atoms with E-state index in [-0.39, 0.29) is 18.5 Å². The number of rotatable bonds is 3. The van der Waals surface area contributed by atoms with Crippen molar-refractivity contribution in [1.82, 2.24) is 10.2 Å². The third kappa shape index (κ3) is 2.42. The van der Waals surface area contributed by atoms with E-state index in [1.54, 1.807) is 0 Å². The maximum atomic E-state index is 12.5. The first kappa shape index (κ1) is 14.1. The van der Waals surface area contributed by atoms with Crippen molar-refractivity contribution in [2.24, 2.45) is 0 Å². The molecule has 21 heavy (non-hydrogen) atoms. The van der Waals surface area contributed by atoms with E-state index in [2.05, 4.69) is 5.32 Å². The predicted molar refractivity (Wildman–Crippen MR) is 77.6 cm³/mol. The van der Waals surface area contributed by atoms with Crippen molar-refractivity contribution in [2.45, 2.75) is 44.2 Å². The molecule has 1 saturated heterocycles. The first-order valence-electron chi connectivity index (χ1n) is 7.41. The van der Waals surface area contributed by atoms with Crippen LogP contribution in [0.1, 0.15) is 42.9 Å². The van der Waals surface area contributed by atoms with Crippen LogP contribution < -0.4 is 5.32 Å². The van der Waals surface area contributed by atoms with Crippen molar-refractivity contribution in [1.29, 1.82) is 0 Å². The minimum atomic E-state index is -0.850. The van der Waals surface area contributed by atoms with Crippen LogP contribution in [-0.2, 0) is 4.79 Å². The topological polar surface area (TPSA) is 69.6 Å². The quantitative estimate of drug-likeness (QED) is 0.835. The number of nitrogens with one attached hydrogen (secondary N) is 1. The Kier molecular flexibility index (Phi) is 3.45. The van der Waals surface area contributed by atoms with Crippen molar-refractivity contribution in [3.8, 4) is 0 Å². The van der Waals surface area contributed by atoms with Crippen LogP contribution in [0.5, 0.6) is 0 Å². The lowest BCUT2D eigenvalue weighted by atomic mass is 9.98. The van der Waals surface area contributed by atoms with Gasteiger partial charge in [0.15, 0.2) is 0 Å². The molecule has 1 saturated carbocycles. The van der Waals surface area contributed by atoms with Gasteiger partial charge in [0.2, 0.25) is 0 Å². The zero-order valence-corrected chi connectivity index (χ0v) is 12.1. The van der Waals surface area contributed by atoms with E-state index in [0.717, 1.165) is 23.3 Å². The molecule has 2 N–H and O–H groups in total. The van der Waals surface area contributed by atoms with Crippen LogP contribution in [0.2, 0.25) is 0 Å². The minimum absolute atomic E-state index is 0.00940. The average molecular weight is 288 g/mol. The van der Waals surface area contributed by atoms with E-state index in [4.69, 9.17) is 0 Å². The summed E-state index contributed by atoms with van der Waals surface area (Å²) >= 11 is 0. The summed E-state index contributed by atoms with van der Waals surface area (Å²) in [6.07, 6.45) is 2.47. The fraction of sp³-hybridized carbons (Fsp3) is 0.500. The van der Waals surface area contributed by atoms with Crippen LogP contribution in [0.4, 0.5) is 4.79 Å². The van der Waals surface area contributed by atoms with Crippen molar-refractivity contribution < 1.29 is 14.7 Å². The van der Waals surface area contributed by atoms with Crippen LogP contribution in [0.3, 0.4) is 0 Å². The standard InChI is InChI=1S/C16H20N2O3/c1-11-4-6-12(7-5-11)13(19)10-18-14(20)16(17-15(18)21)8-2-3-9-16/h4-7,13,19H,2-3,8-10H2,1H3,(H,17,21). The minimum Gasteiger partial charge on any atom is -0.387 e. The third-order valence-corrected chi connectivity index (χ3v) is 4.52. The van der Waals surface area contributed by atoms with Crippen LogP contribution in [-0.4, -0.2) is 34.0 Å². The van der Waals surface area contributed by atoms with Crippen LogP contribution in [0, 0.1) is 6.92 Å². The van der Waals surface area contributed by atoms with E-state index in [1.807, 2.05) is 31.2 Å². The monoisotopic (exact) mass is 288 g/mol. The van der Waals surface area contributed by atoms with E-state index in [1.165, 1.54) is 0 Å². The molecule has 1 aromatic rings. The molecular weight excluding hydrogens is 268 g/mol. The summed E-state index contributed by atoms with van der Waals surface area (Å²) in [6.45, 7) is 1.98. The molecular formula is C16H20N2O3. The number of aliphatic hydroxyl groups is 1. The van der Waals surface area contributed by atoms with Crippen LogP contribution in [0.15, 0.2) is 24.3 Å². The predicted octanol–water partition coefficient (Wildman–Crippen LogP) is 1.89. The number of imide groups is 1. The van der Waals surface area contributed by atoms with Crippen molar-refractivity contribution in [2.75, 3.05) is 6.54 Å². The van der Waals surface area contributed by atoms with Gasteiger partial charge in [0.25, 0.3) is 5.91 Å². The molecule has 0 radical (unpaired) electrons. The van der Waals surface area contributed by atoms with E-state index >= 15 is 0 Å². The molecule has 1 aliphatic carbocycles. The number of carbonyl (C=O) groups is 2. The highest BCUT2D eigenvalue weighted by Gasteiger charge is 2.52. The number of nitrogens with zero attached hydrogens (tertiary/aromatic N) is 1. The molecule has 1 atom stereocenters. The normalized spacial score (nSPS) is 21.9. The number of amides is 3. The molecule has 0 bridgehead atoms. The number of β-amino-alcohol motifs (C(OH)–C–C–N with tert-alkyl or cyclic N) is 1. The smallest absolute Gasteiger partial charge is 0.325 e. The molecule has 5 heteroatoms. The molecule has 1 aromatic carbocycles. The van der Waals surface area contributed by atoms with Crippen molar-refractivity contribution in [3.05, 3.63) is 35.4 Å². The molecule has 3 rings (SSSR count). The molecule has 1 spiro atoms. The van der Waals surface area contributed by atoms with Gasteiger partial charge in [-0.3, -0.25) is 9.69 Å². The first-order valence-corrected chi connectivity index (χ1v) is 7.41. The first-order chi connectivity index (χ1) is 10.0.